The van der Waals surface area contributed by atoms with Crippen LogP contribution in [0.3, 0.4) is 0 Å². The van der Waals surface area contributed by atoms with E-state index in [1.165, 1.54) is 0 Å². The molecule has 0 fully saturated rings. The van der Waals surface area contributed by atoms with Gasteiger partial charge in [-0.2, -0.15) is 0 Å². The van der Waals surface area contributed by atoms with Crippen molar-refractivity contribution in [1.29, 1.82) is 0 Å². The van der Waals surface area contributed by atoms with Gasteiger partial charge in [0.1, 0.15) is 0 Å². The molecule has 0 heterocycles. The van der Waals surface area contributed by atoms with E-state index in [1.54, 1.807) is 0 Å². The Hall–Kier alpha value is -1.89. The summed E-state index contributed by atoms with van der Waals surface area (Å²) in [5.41, 5.74) is -0.906. The summed E-state index contributed by atoms with van der Waals surface area (Å²) in [6.45, 7) is 0. The molecule has 0 radical (unpaired) electrons. The van der Waals surface area contributed by atoms with E-state index in [0.717, 1.165) is 0 Å². The van der Waals surface area contributed by atoms with E-state index in [9.17, 15) is 4.79 Å². The second-order valence-corrected chi connectivity index (χ2v) is 2.83. The second kappa shape index (κ2) is 2.55. The summed E-state index contributed by atoms with van der Waals surface area (Å²) >= 11 is 0. The van der Waals surface area contributed by atoms with Crippen LogP contribution < -0.4 is 0 Å². The van der Waals surface area contributed by atoms with Crippen LogP contribution in [0.25, 0.3) is 11.1 Å². The van der Waals surface area contributed by atoms with Crippen molar-refractivity contribution in [2.24, 2.45) is 0 Å². The van der Waals surface area contributed by atoms with E-state index in [1.807, 2.05) is 0 Å². The molecule has 0 atom stereocenters. The van der Waals surface area contributed by atoms with Crippen LogP contribution in [0.5, 0.6) is 0 Å². The van der Waals surface area contributed by atoms with Gasteiger partial charge in [0.15, 0.2) is 5.78 Å². The molecule has 0 spiro atoms. The van der Waals surface area contributed by atoms with Crippen molar-refractivity contribution >= 4 is 5.78 Å². The molecule has 0 saturated carbocycles. The van der Waals surface area contributed by atoms with Crippen LogP contribution in [-0.4, -0.2) is 5.78 Å². The fourth-order valence-electron chi connectivity index (χ4n) is 1.47. The number of hydrogen-bond acceptors (Lipinski definition) is 1. The first-order valence-electron chi connectivity index (χ1n) is 7.95. The average molecular weight is 188 g/mol. The Morgan fingerprint density at radius 2 is 1.07 bits per heavy atom. The SMILES string of the molecule is [2H]c1c([2H])c([2H])c2c(c1[2H])C(=O)c1c([2H])c([2H])c([2H])c([2H])c1-2. The van der Waals surface area contributed by atoms with Crippen LogP contribution >= 0.6 is 0 Å². The monoisotopic (exact) mass is 188 g/mol. The third kappa shape index (κ3) is 0.814. The Balaban J connectivity index is 2.59. The van der Waals surface area contributed by atoms with E-state index in [4.69, 9.17) is 11.0 Å². The quantitative estimate of drug-likeness (QED) is 0.530. The molecular weight excluding hydrogens is 172 g/mol. The van der Waals surface area contributed by atoms with E-state index in [0.29, 0.717) is 0 Å². The minimum Gasteiger partial charge on any atom is -0.289 e. The standard InChI is InChI=1S/C13H8O/c14-13-11-7-3-1-5-9(11)10-6-2-4-8-12(10)13/h1-8H/i1D,2D,3D,4D,5D,6D,7D,8D. The highest BCUT2D eigenvalue weighted by Crippen LogP contribution is 2.35. The Kier molecular flexibility index (Phi) is 0.557. The van der Waals surface area contributed by atoms with Crippen LogP contribution in [0, 0.1) is 0 Å². The van der Waals surface area contributed by atoms with E-state index >= 15 is 0 Å². The molecular formula is C13H8O. The molecule has 0 N–H and O–H groups in total. The third-order valence-electron chi connectivity index (χ3n) is 2.08. The fraction of sp³-hybridized carbons (Fsp3) is 0. The summed E-state index contributed by atoms with van der Waals surface area (Å²) in [5.74, 6) is -0.802. The molecule has 1 aliphatic carbocycles. The first-order valence-corrected chi connectivity index (χ1v) is 3.95. The number of benzene rings is 2. The highest BCUT2D eigenvalue weighted by molar-refractivity contribution is 6.21. The number of hydrogen-bond donors (Lipinski definition) is 0. The lowest BCUT2D eigenvalue weighted by Gasteiger charge is -1.96. The summed E-state index contributed by atoms with van der Waals surface area (Å²) in [4.78, 5) is 12.5. The fourth-order valence-corrected chi connectivity index (χ4v) is 1.47. The number of fused-ring (bicyclic) bond motifs is 3. The molecule has 0 bridgehead atoms. The highest BCUT2D eigenvalue weighted by atomic mass is 16.1. The van der Waals surface area contributed by atoms with Crippen molar-refractivity contribution in [2.45, 2.75) is 0 Å². The third-order valence-corrected chi connectivity index (χ3v) is 2.08. The smallest absolute Gasteiger partial charge is 0.194 e. The van der Waals surface area contributed by atoms with Crippen LogP contribution in [0.4, 0.5) is 0 Å². The summed E-state index contributed by atoms with van der Waals surface area (Å²) in [6, 6.07) is -4.25. The number of carbonyl (C=O) groups excluding carboxylic acids is 1. The van der Waals surface area contributed by atoms with Gasteiger partial charge in [0.05, 0.1) is 11.0 Å². The van der Waals surface area contributed by atoms with Gasteiger partial charge >= 0.3 is 0 Å². The predicted octanol–water partition coefficient (Wildman–Crippen LogP) is 2.90. The minimum atomic E-state index is -0.802. The minimum absolute atomic E-state index is 0.155. The first kappa shape index (κ1) is 3.06. The Bertz CT molecular complexity index is 816. The van der Waals surface area contributed by atoms with Gasteiger partial charge in [-0.1, -0.05) is 48.3 Å². The maximum Gasteiger partial charge on any atom is 0.194 e. The Morgan fingerprint density at radius 3 is 1.50 bits per heavy atom. The molecule has 1 nitrogen and oxygen atoms in total. The van der Waals surface area contributed by atoms with Gasteiger partial charge in [0.2, 0.25) is 0 Å². The molecule has 0 aliphatic heterocycles. The van der Waals surface area contributed by atoms with Crippen molar-refractivity contribution in [1.82, 2.24) is 0 Å². The van der Waals surface area contributed by atoms with Gasteiger partial charge in [0.25, 0.3) is 0 Å². The zero-order valence-corrected chi connectivity index (χ0v) is 6.91. The molecule has 1 aliphatic rings. The van der Waals surface area contributed by atoms with Gasteiger partial charge in [-0.25, -0.2) is 0 Å². The largest absolute Gasteiger partial charge is 0.289 e. The zero-order valence-electron chi connectivity index (χ0n) is 14.9. The topological polar surface area (TPSA) is 17.1 Å². The molecule has 3 rings (SSSR count). The maximum absolute atomic E-state index is 12.5. The molecule has 2 aromatic rings. The Morgan fingerprint density at radius 1 is 0.714 bits per heavy atom. The van der Waals surface area contributed by atoms with Crippen molar-refractivity contribution in [3.63, 3.8) is 0 Å². The normalized spacial score (nSPS) is 20.4. The second-order valence-electron chi connectivity index (χ2n) is 2.83. The molecule has 0 aromatic heterocycles. The average Bonchev–Trinajstić information content (AvgIpc) is 2.80. The lowest BCUT2D eigenvalue weighted by molar-refractivity contribution is 0.104. The number of carbonyl (C=O) groups is 1. The molecule has 0 unspecified atom stereocenters. The van der Waals surface area contributed by atoms with Crippen LogP contribution in [-0.2, 0) is 0 Å². The van der Waals surface area contributed by atoms with Crippen molar-refractivity contribution in [3.8, 4) is 11.1 Å². The Labute approximate surface area is 93.2 Å². The van der Waals surface area contributed by atoms with Gasteiger partial charge in [0, 0.05) is 11.1 Å². The van der Waals surface area contributed by atoms with Gasteiger partial charge in [-0.15, -0.1) is 0 Å². The van der Waals surface area contributed by atoms with Crippen molar-refractivity contribution in [2.75, 3.05) is 0 Å². The number of ketones is 1. The molecule has 66 valence electrons. The van der Waals surface area contributed by atoms with Gasteiger partial charge in [-0.3, -0.25) is 4.79 Å². The van der Waals surface area contributed by atoms with Crippen LogP contribution in [0.1, 0.15) is 26.9 Å². The zero-order chi connectivity index (χ0) is 16.5. The highest BCUT2D eigenvalue weighted by Gasteiger charge is 2.24. The molecule has 0 saturated heterocycles. The number of rotatable bonds is 0. The first-order chi connectivity index (χ1) is 10.2. The molecule has 2 aromatic carbocycles. The van der Waals surface area contributed by atoms with Crippen molar-refractivity contribution < 1.29 is 15.8 Å². The lowest BCUT2D eigenvalue weighted by atomic mass is 10.1. The van der Waals surface area contributed by atoms with E-state index < -0.39 is 54.1 Å². The van der Waals surface area contributed by atoms with Crippen LogP contribution in [0.2, 0.25) is 0 Å². The predicted molar refractivity (Wildman–Crippen MR) is 55.3 cm³/mol. The summed E-state index contributed by atoms with van der Waals surface area (Å²) < 4.78 is 62.2. The molecule has 0 amide bonds. The van der Waals surface area contributed by atoms with Gasteiger partial charge < -0.3 is 0 Å². The van der Waals surface area contributed by atoms with Gasteiger partial charge in [-0.05, 0) is 11.1 Å². The van der Waals surface area contributed by atoms with Crippen LogP contribution in [0.15, 0.2) is 48.3 Å². The van der Waals surface area contributed by atoms with E-state index in [2.05, 4.69) is 0 Å². The molecule has 1 heteroatoms. The maximum atomic E-state index is 12.5. The summed E-state index contributed by atoms with van der Waals surface area (Å²) in [5, 5.41) is 0. The molecule has 14 heavy (non-hydrogen) atoms. The van der Waals surface area contributed by atoms with Crippen molar-refractivity contribution in [3.05, 3.63) is 59.5 Å². The summed E-state index contributed by atoms with van der Waals surface area (Å²) in [6.07, 6.45) is 0. The summed E-state index contributed by atoms with van der Waals surface area (Å²) in [7, 11) is 0. The lowest BCUT2D eigenvalue weighted by Crippen LogP contribution is -1.93. The van der Waals surface area contributed by atoms with E-state index in [-0.39, 0.29) is 22.3 Å².